The van der Waals surface area contributed by atoms with Crippen molar-refractivity contribution < 1.29 is 14.6 Å². The second-order valence-corrected chi connectivity index (χ2v) is 2.42. The minimum Gasteiger partial charge on any atom is -0.343 e. The first-order valence-corrected chi connectivity index (χ1v) is 3.61. The van der Waals surface area contributed by atoms with Crippen molar-refractivity contribution in [3.63, 3.8) is 0 Å². The lowest BCUT2D eigenvalue weighted by Crippen LogP contribution is -1.91. The van der Waals surface area contributed by atoms with E-state index >= 15 is 0 Å². The summed E-state index contributed by atoms with van der Waals surface area (Å²) in [4.78, 5) is 19.2. The Morgan fingerprint density at radius 3 is 2.64 bits per heavy atom. The van der Waals surface area contributed by atoms with Crippen molar-refractivity contribution in [2.45, 2.75) is 19.3 Å². The van der Waals surface area contributed by atoms with E-state index in [1.807, 2.05) is 0 Å². The molecule has 0 amide bonds. The van der Waals surface area contributed by atoms with Crippen molar-refractivity contribution in [3.05, 3.63) is 12.3 Å². The van der Waals surface area contributed by atoms with Crippen LogP contribution in [0.5, 0.6) is 0 Å². The molecule has 0 aromatic heterocycles. The standard InChI is InChI=1S/C7H11ClO3/c1-6(11-10-2)4-3-5-7(8)9/h1,3-5H2,2H3. The molecule has 0 aromatic carbocycles. The quantitative estimate of drug-likeness (QED) is 0.270. The number of hydrogen-bond acceptors (Lipinski definition) is 3. The first-order valence-electron chi connectivity index (χ1n) is 3.23. The van der Waals surface area contributed by atoms with Gasteiger partial charge in [0.05, 0.1) is 7.11 Å². The van der Waals surface area contributed by atoms with E-state index in [1.165, 1.54) is 7.11 Å². The molecule has 0 aliphatic carbocycles. The highest BCUT2D eigenvalue weighted by atomic mass is 35.5. The SMILES string of the molecule is C=C(CCCC(=O)Cl)OOC. The summed E-state index contributed by atoms with van der Waals surface area (Å²) in [7, 11) is 1.40. The molecule has 0 aromatic rings. The Morgan fingerprint density at radius 2 is 2.18 bits per heavy atom. The highest BCUT2D eigenvalue weighted by molar-refractivity contribution is 6.63. The van der Waals surface area contributed by atoms with Gasteiger partial charge >= 0.3 is 0 Å². The van der Waals surface area contributed by atoms with E-state index in [4.69, 9.17) is 11.6 Å². The van der Waals surface area contributed by atoms with Crippen molar-refractivity contribution in [2.75, 3.05) is 7.11 Å². The van der Waals surface area contributed by atoms with Crippen LogP contribution in [0.2, 0.25) is 0 Å². The molecule has 0 heterocycles. The molecule has 0 atom stereocenters. The van der Waals surface area contributed by atoms with E-state index < -0.39 is 0 Å². The summed E-state index contributed by atoms with van der Waals surface area (Å²) in [5.41, 5.74) is 0. The highest BCUT2D eigenvalue weighted by Gasteiger charge is 1.99. The lowest BCUT2D eigenvalue weighted by molar-refractivity contribution is -0.239. The van der Waals surface area contributed by atoms with Crippen LogP contribution < -0.4 is 0 Å². The van der Waals surface area contributed by atoms with Gasteiger partial charge in [0, 0.05) is 12.8 Å². The Morgan fingerprint density at radius 1 is 1.55 bits per heavy atom. The summed E-state index contributed by atoms with van der Waals surface area (Å²) in [6.45, 7) is 3.54. The van der Waals surface area contributed by atoms with Crippen molar-refractivity contribution >= 4 is 16.8 Å². The monoisotopic (exact) mass is 178 g/mol. The first kappa shape index (κ1) is 10.5. The molecule has 0 spiro atoms. The summed E-state index contributed by atoms with van der Waals surface area (Å²) in [6, 6.07) is 0. The Hall–Kier alpha value is -0.540. The third-order valence-electron chi connectivity index (χ3n) is 1.03. The second-order valence-electron chi connectivity index (χ2n) is 2.00. The van der Waals surface area contributed by atoms with Gasteiger partial charge in [0.15, 0.2) is 0 Å². The maximum atomic E-state index is 10.2. The van der Waals surface area contributed by atoms with E-state index in [-0.39, 0.29) is 5.24 Å². The number of halogens is 1. The predicted molar refractivity (Wildman–Crippen MR) is 41.9 cm³/mol. The largest absolute Gasteiger partial charge is 0.343 e. The van der Waals surface area contributed by atoms with Crippen molar-refractivity contribution in [2.24, 2.45) is 0 Å². The molecule has 0 aliphatic rings. The number of carbonyl (C=O) groups is 1. The Bertz CT molecular complexity index is 145. The summed E-state index contributed by atoms with van der Waals surface area (Å²) < 4.78 is 0. The predicted octanol–water partition coefficient (Wildman–Crippen LogP) is 2.01. The van der Waals surface area contributed by atoms with Crippen LogP contribution in [0.15, 0.2) is 12.3 Å². The van der Waals surface area contributed by atoms with Crippen LogP contribution in [0.3, 0.4) is 0 Å². The molecule has 0 aliphatic heterocycles. The molecule has 0 saturated carbocycles. The fourth-order valence-corrected chi connectivity index (χ4v) is 0.718. The molecular formula is C7H11ClO3. The number of hydrogen-bond donors (Lipinski definition) is 0. The molecule has 0 unspecified atom stereocenters. The summed E-state index contributed by atoms with van der Waals surface area (Å²) >= 11 is 5.10. The van der Waals surface area contributed by atoms with Crippen LogP contribution in [-0.4, -0.2) is 12.4 Å². The third kappa shape index (κ3) is 7.36. The van der Waals surface area contributed by atoms with Gasteiger partial charge in [0.2, 0.25) is 5.24 Å². The summed E-state index contributed by atoms with van der Waals surface area (Å²) in [6.07, 6.45) is 1.57. The topological polar surface area (TPSA) is 35.5 Å². The van der Waals surface area contributed by atoms with Gasteiger partial charge in [-0.25, -0.2) is 0 Å². The van der Waals surface area contributed by atoms with Gasteiger partial charge in [-0.2, -0.15) is 4.89 Å². The van der Waals surface area contributed by atoms with Crippen LogP contribution in [0.4, 0.5) is 0 Å². The van der Waals surface area contributed by atoms with E-state index in [0.29, 0.717) is 25.0 Å². The zero-order chi connectivity index (χ0) is 8.69. The van der Waals surface area contributed by atoms with Gasteiger partial charge in [-0.05, 0) is 18.0 Å². The lowest BCUT2D eigenvalue weighted by Gasteiger charge is -2.02. The molecule has 0 fully saturated rings. The van der Waals surface area contributed by atoms with Crippen LogP contribution >= 0.6 is 11.6 Å². The Balaban J connectivity index is 3.24. The highest BCUT2D eigenvalue weighted by Crippen LogP contribution is 2.07. The van der Waals surface area contributed by atoms with Crippen LogP contribution in [0.1, 0.15) is 19.3 Å². The number of allylic oxidation sites excluding steroid dienone is 1. The Labute approximate surface area is 70.9 Å². The maximum Gasteiger partial charge on any atom is 0.221 e. The number of rotatable bonds is 6. The molecule has 11 heavy (non-hydrogen) atoms. The van der Waals surface area contributed by atoms with Crippen molar-refractivity contribution in [3.8, 4) is 0 Å². The normalized spacial score (nSPS) is 9.27. The molecule has 0 rings (SSSR count). The molecular weight excluding hydrogens is 168 g/mol. The summed E-state index contributed by atoms with van der Waals surface area (Å²) in [5.74, 6) is 0.505. The van der Waals surface area contributed by atoms with E-state index in [9.17, 15) is 4.79 Å². The van der Waals surface area contributed by atoms with Crippen LogP contribution in [0.25, 0.3) is 0 Å². The van der Waals surface area contributed by atoms with E-state index in [0.717, 1.165) is 0 Å². The molecule has 3 nitrogen and oxygen atoms in total. The molecule has 0 radical (unpaired) electrons. The second kappa shape index (κ2) is 6.19. The molecule has 0 saturated heterocycles. The van der Waals surface area contributed by atoms with Crippen LogP contribution in [0, 0.1) is 0 Å². The smallest absolute Gasteiger partial charge is 0.221 e. The third-order valence-corrected chi connectivity index (χ3v) is 1.22. The van der Waals surface area contributed by atoms with Gasteiger partial charge in [0.1, 0.15) is 5.76 Å². The van der Waals surface area contributed by atoms with Gasteiger partial charge in [0.25, 0.3) is 0 Å². The van der Waals surface area contributed by atoms with Gasteiger partial charge < -0.3 is 4.89 Å². The van der Waals surface area contributed by atoms with Gasteiger partial charge in [-0.1, -0.05) is 6.58 Å². The van der Waals surface area contributed by atoms with Crippen molar-refractivity contribution in [1.82, 2.24) is 0 Å². The number of carbonyl (C=O) groups excluding carboxylic acids is 1. The first-order chi connectivity index (χ1) is 5.16. The fraction of sp³-hybridized carbons (Fsp3) is 0.571. The zero-order valence-corrected chi connectivity index (χ0v) is 7.19. The summed E-state index contributed by atoms with van der Waals surface area (Å²) in [5, 5.41) is -0.338. The molecule has 4 heteroatoms. The minimum absolute atomic E-state index is 0.338. The lowest BCUT2D eigenvalue weighted by atomic mass is 10.2. The Kier molecular flexibility index (Phi) is 5.88. The zero-order valence-electron chi connectivity index (χ0n) is 6.43. The minimum atomic E-state index is -0.338. The van der Waals surface area contributed by atoms with Crippen molar-refractivity contribution in [1.29, 1.82) is 0 Å². The van der Waals surface area contributed by atoms with Crippen LogP contribution in [-0.2, 0) is 14.6 Å². The molecule has 0 bridgehead atoms. The van der Waals surface area contributed by atoms with Gasteiger partial charge in [-0.15, -0.1) is 0 Å². The average molecular weight is 179 g/mol. The average Bonchev–Trinajstić information content (AvgIpc) is 1.87. The van der Waals surface area contributed by atoms with E-state index in [2.05, 4.69) is 16.4 Å². The van der Waals surface area contributed by atoms with E-state index in [1.54, 1.807) is 0 Å². The molecule has 0 N–H and O–H groups in total. The van der Waals surface area contributed by atoms with Gasteiger partial charge in [-0.3, -0.25) is 4.79 Å². The fourth-order valence-electron chi connectivity index (χ4n) is 0.584. The molecule has 64 valence electrons. The maximum absolute atomic E-state index is 10.2.